The number of nitrogens with zero attached hydrogens (tertiary/aromatic N) is 1. The van der Waals surface area contributed by atoms with Gasteiger partial charge in [-0.2, -0.15) is 0 Å². The molecule has 0 unspecified atom stereocenters. The number of phenols is 1. The number of aliphatic hydroxyl groups is 1. The number of aromatic hydroxyl groups is 1. The highest BCUT2D eigenvalue weighted by molar-refractivity contribution is 6.30. The minimum absolute atomic E-state index is 0.111. The van der Waals surface area contributed by atoms with Gasteiger partial charge in [0.1, 0.15) is 5.75 Å². The van der Waals surface area contributed by atoms with E-state index in [2.05, 4.69) is 18.7 Å². The zero-order valence-corrected chi connectivity index (χ0v) is 10.4. The molecule has 0 radical (unpaired) electrons. The van der Waals surface area contributed by atoms with Gasteiger partial charge in [0.15, 0.2) is 0 Å². The molecule has 0 atom stereocenters. The summed E-state index contributed by atoms with van der Waals surface area (Å²) in [5, 5.41) is 19.3. The predicted octanol–water partition coefficient (Wildman–Crippen LogP) is 2.25. The Hall–Kier alpha value is -0.770. The van der Waals surface area contributed by atoms with Crippen LogP contribution in [0.15, 0.2) is 18.2 Å². The first-order valence-electron chi connectivity index (χ1n) is 5.37. The third kappa shape index (κ3) is 3.67. The average Bonchev–Trinajstić information content (AvgIpc) is 2.22. The van der Waals surface area contributed by atoms with E-state index in [1.165, 1.54) is 0 Å². The van der Waals surface area contributed by atoms with Crippen LogP contribution < -0.4 is 0 Å². The Kier molecular flexibility index (Phi) is 5.06. The van der Waals surface area contributed by atoms with Gasteiger partial charge in [-0.05, 0) is 32.0 Å². The van der Waals surface area contributed by atoms with Crippen molar-refractivity contribution in [1.82, 2.24) is 4.90 Å². The number of hydrogen-bond donors (Lipinski definition) is 2. The lowest BCUT2D eigenvalue weighted by molar-refractivity contribution is 0.158. The maximum Gasteiger partial charge on any atom is 0.120 e. The van der Waals surface area contributed by atoms with E-state index in [9.17, 15) is 5.11 Å². The molecule has 2 N–H and O–H groups in total. The lowest BCUT2D eigenvalue weighted by Crippen LogP contribution is -2.32. The Balaban J connectivity index is 2.80. The summed E-state index contributed by atoms with van der Waals surface area (Å²) in [5.74, 6) is 0.244. The molecule has 3 nitrogen and oxygen atoms in total. The van der Waals surface area contributed by atoms with Crippen molar-refractivity contribution in [3.05, 3.63) is 28.8 Å². The zero-order chi connectivity index (χ0) is 12.1. The lowest BCUT2D eigenvalue weighted by Gasteiger charge is -2.25. The minimum Gasteiger partial charge on any atom is -0.508 e. The highest BCUT2D eigenvalue weighted by Gasteiger charge is 2.12. The van der Waals surface area contributed by atoms with Crippen LogP contribution in [-0.2, 0) is 6.54 Å². The van der Waals surface area contributed by atoms with Crippen molar-refractivity contribution in [1.29, 1.82) is 0 Å². The van der Waals surface area contributed by atoms with E-state index in [0.717, 1.165) is 5.56 Å². The van der Waals surface area contributed by atoms with Crippen molar-refractivity contribution in [3.8, 4) is 5.75 Å². The summed E-state index contributed by atoms with van der Waals surface area (Å²) in [6.45, 7) is 5.39. The maximum absolute atomic E-state index is 9.69. The van der Waals surface area contributed by atoms with E-state index in [4.69, 9.17) is 16.7 Å². The van der Waals surface area contributed by atoms with Crippen LogP contribution in [0.2, 0.25) is 5.02 Å². The molecule has 90 valence electrons. The first kappa shape index (κ1) is 13.3. The molecule has 0 amide bonds. The van der Waals surface area contributed by atoms with Gasteiger partial charge in [0.25, 0.3) is 0 Å². The lowest BCUT2D eigenvalue weighted by atomic mass is 10.1. The molecule has 16 heavy (non-hydrogen) atoms. The Labute approximate surface area is 101 Å². The first-order valence-corrected chi connectivity index (χ1v) is 5.74. The minimum atomic E-state index is 0.111. The molecule has 1 rings (SSSR count). The van der Waals surface area contributed by atoms with E-state index in [1.54, 1.807) is 18.2 Å². The first-order chi connectivity index (χ1) is 7.54. The molecule has 0 aliphatic rings. The molecule has 1 aromatic carbocycles. The van der Waals surface area contributed by atoms with E-state index in [1.807, 2.05) is 0 Å². The summed E-state index contributed by atoms with van der Waals surface area (Å²) in [6, 6.07) is 5.32. The molecule has 0 spiro atoms. The zero-order valence-electron chi connectivity index (χ0n) is 9.65. The van der Waals surface area contributed by atoms with Crippen molar-refractivity contribution in [2.24, 2.45) is 0 Å². The second-order valence-electron chi connectivity index (χ2n) is 4.06. The molecule has 0 aliphatic carbocycles. The van der Waals surface area contributed by atoms with Crippen LogP contribution in [0, 0.1) is 0 Å². The number of phenolic OH excluding ortho intramolecular Hbond substituents is 1. The van der Waals surface area contributed by atoms with E-state index < -0.39 is 0 Å². The van der Waals surface area contributed by atoms with Crippen LogP contribution in [0.25, 0.3) is 0 Å². The molecular weight excluding hydrogens is 226 g/mol. The van der Waals surface area contributed by atoms with Crippen LogP contribution in [0.5, 0.6) is 5.75 Å². The molecule has 0 aromatic heterocycles. The molecule has 0 saturated heterocycles. The van der Waals surface area contributed by atoms with Gasteiger partial charge in [0.2, 0.25) is 0 Å². The summed E-state index contributed by atoms with van der Waals surface area (Å²) in [5.41, 5.74) is 0.787. The van der Waals surface area contributed by atoms with Crippen LogP contribution in [0.3, 0.4) is 0 Å². The average molecular weight is 244 g/mol. The fourth-order valence-electron chi connectivity index (χ4n) is 1.55. The highest BCUT2D eigenvalue weighted by atomic mass is 35.5. The Morgan fingerprint density at radius 3 is 2.62 bits per heavy atom. The van der Waals surface area contributed by atoms with Gasteiger partial charge in [-0.3, -0.25) is 4.90 Å². The second kappa shape index (κ2) is 6.09. The maximum atomic E-state index is 9.69. The Morgan fingerprint density at radius 2 is 2.06 bits per heavy atom. The standard InChI is InChI=1S/C12H18ClNO2/c1-9(2)14(5-6-15)8-10-7-11(13)3-4-12(10)16/h3-4,7,9,15-16H,5-6,8H2,1-2H3. The second-order valence-corrected chi connectivity index (χ2v) is 4.50. The van der Waals surface area contributed by atoms with Crippen molar-refractivity contribution in [2.45, 2.75) is 26.4 Å². The summed E-state index contributed by atoms with van der Waals surface area (Å²) >= 11 is 5.88. The highest BCUT2D eigenvalue weighted by Crippen LogP contribution is 2.23. The largest absolute Gasteiger partial charge is 0.508 e. The molecule has 0 fully saturated rings. The third-order valence-electron chi connectivity index (χ3n) is 2.53. The number of hydrogen-bond acceptors (Lipinski definition) is 3. The fourth-order valence-corrected chi connectivity index (χ4v) is 1.74. The number of halogens is 1. The molecule has 1 aromatic rings. The number of rotatable bonds is 5. The van der Waals surface area contributed by atoms with Crippen LogP contribution in [0.4, 0.5) is 0 Å². The summed E-state index contributed by atoms with van der Waals surface area (Å²) in [7, 11) is 0. The van der Waals surface area contributed by atoms with E-state index in [0.29, 0.717) is 24.2 Å². The molecular formula is C12H18ClNO2. The Bertz CT molecular complexity index is 342. The van der Waals surface area contributed by atoms with Gasteiger partial charge in [0, 0.05) is 29.7 Å². The van der Waals surface area contributed by atoms with Crippen LogP contribution in [-0.4, -0.2) is 34.3 Å². The van der Waals surface area contributed by atoms with Crippen LogP contribution in [0.1, 0.15) is 19.4 Å². The summed E-state index contributed by atoms with van der Waals surface area (Å²) < 4.78 is 0. The van der Waals surface area contributed by atoms with Crippen molar-refractivity contribution >= 4 is 11.6 Å². The van der Waals surface area contributed by atoms with Gasteiger partial charge < -0.3 is 10.2 Å². The Morgan fingerprint density at radius 1 is 1.38 bits per heavy atom. The SMILES string of the molecule is CC(C)N(CCO)Cc1cc(Cl)ccc1O. The monoisotopic (exact) mass is 243 g/mol. The van der Waals surface area contributed by atoms with E-state index >= 15 is 0 Å². The fraction of sp³-hybridized carbons (Fsp3) is 0.500. The summed E-state index contributed by atoms with van der Waals surface area (Å²) in [6.07, 6.45) is 0. The van der Waals surface area contributed by atoms with Crippen molar-refractivity contribution in [2.75, 3.05) is 13.2 Å². The van der Waals surface area contributed by atoms with E-state index in [-0.39, 0.29) is 12.4 Å². The number of benzene rings is 1. The smallest absolute Gasteiger partial charge is 0.120 e. The van der Waals surface area contributed by atoms with Crippen LogP contribution >= 0.6 is 11.6 Å². The molecule has 0 saturated carbocycles. The number of aliphatic hydroxyl groups excluding tert-OH is 1. The molecule has 0 heterocycles. The predicted molar refractivity (Wildman–Crippen MR) is 65.7 cm³/mol. The topological polar surface area (TPSA) is 43.7 Å². The van der Waals surface area contributed by atoms with Crippen molar-refractivity contribution < 1.29 is 10.2 Å². The third-order valence-corrected chi connectivity index (χ3v) is 2.77. The van der Waals surface area contributed by atoms with Gasteiger partial charge in [-0.1, -0.05) is 11.6 Å². The summed E-state index contributed by atoms with van der Waals surface area (Å²) in [4.78, 5) is 2.07. The van der Waals surface area contributed by atoms with Gasteiger partial charge in [0.05, 0.1) is 6.61 Å². The van der Waals surface area contributed by atoms with Gasteiger partial charge in [-0.25, -0.2) is 0 Å². The van der Waals surface area contributed by atoms with Crippen molar-refractivity contribution in [3.63, 3.8) is 0 Å². The normalized spacial score (nSPS) is 11.4. The molecule has 0 aliphatic heterocycles. The van der Waals surface area contributed by atoms with Gasteiger partial charge in [-0.15, -0.1) is 0 Å². The molecule has 0 bridgehead atoms. The quantitative estimate of drug-likeness (QED) is 0.834. The molecule has 4 heteroatoms. The van der Waals surface area contributed by atoms with Gasteiger partial charge >= 0.3 is 0 Å².